The van der Waals surface area contributed by atoms with Crippen molar-refractivity contribution in [1.82, 2.24) is 15.1 Å². The summed E-state index contributed by atoms with van der Waals surface area (Å²) >= 11 is 0. The van der Waals surface area contributed by atoms with Crippen LogP contribution in [0.2, 0.25) is 0 Å². The molecule has 0 bridgehead atoms. The summed E-state index contributed by atoms with van der Waals surface area (Å²) in [7, 11) is 3.71. The zero-order valence-electron chi connectivity index (χ0n) is 17.7. The molecule has 2 aliphatic rings. The van der Waals surface area contributed by atoms with Crippen molar-refractivity contribution in [3.05, 3.63) is 41.5 Å². The average molecular weight is 400 g/mol. The van der Waals surface area contributed by atoms with E-state index in [1.54, 1.807) is 4.90 Å². The van der Waals surface area contributed by atoms with Crippen molar-refractivity contribution >= 4 is 17.4 Å². The number of nitrogens with one attached hydrogen (secondary N) is 1. The van der Waals surface area contributed by atoms with Gasteiger partial charge in [0.25, 0.3) is 0 Å². The number of hydrogen-bond acceptors (Lipinski definition) is 4. The van der Waals surface area contributed by atoms with Gasteiger partial charge < -0.3 is 20.2 Å². The van der Waals surface area contributed by atoms with Gasteiger partial charge in [0.2, 0.25) is 11.8 Å². The Balaban J connectivity index is 1.81. The van der Waals surface area contributed by atoms with Gasteiger partial charge in [0.1, 0.15) is 0 Å². The second-order valence-electron chi connectivity index (χ2n) is 8.28. The number of amides is 2. The van der Waals surface area contributed by atoms with E-state index in [-0.39, 0.29) is 43.0 Å². The molecule has 0 spiro atoms. The summed E-state index contributed by atoms with van der Waals surface area (Å²) in [4.78, 5) is 28.2. The standard InChI is InChI=1S/C23H33N3O3/c1-4-21(28)24-13-19-23(20(15-27)26(19)22(29)14-25(2)3)18-11-9-17(10-12-18)16-7-5-6-8-16/h7,9-12,19-20,23,27H,4-6,8,13-15H2,1-3H3,(H,24,28)/t19-,20-,23-/m1/s1. The van der Waals surface area contributed by atoms with Crippen LogP contribution >= 0.6 is 0 Å². The lowest BCUT2D eigenvalue weighted by molar-refractivity contribution is -0.151. The summed E-state index contributed by atoms with van der Waals surface area (Å²) in [5.74, 6) is -0.0385. The molecular formula is C23H33N3O3. The van der Waals surface area contributed by atoms with E-state index in [1.165, 1.54) is 17.6 Å². The summed E-state index contributed by atoms with van der Waals surface area (Å²) in [5, 5.41) is 13.0. The van der Waals surface area contributed by atoms with Crippen LogP contribution in [-0.4, -0.2) is 72.6 Å². The Morgan fingerprint density at radius 1 is 1.21 bits per heavy atom. The topological polar surface area (TPSA) is 72.9 Å². The highest BCUT2D eigenvalue weighted by Gasteiger charge is 2.50. The zero-order chi connectivity index (χ0) is 21.0. The largest absolute Gasteiger partial charge is 0.394 e. The van der Waals surface area contributed by atoms with E-state index in [9.17, 15) is 14.7 Å². The molecule has 0 aromatic heterocycles. The first kappa shape index (κ1) is 21.5. The highest BCUT2D eigenvalue weighted by Crippen LogP contribution is 2.41. The third kappa shape index (κ3) is 4.70. The molecule has 0 saturated carbocycles. The average Bonchev–Trinajstić information content (AvgIpc) is 3.21. The van der Waals surface area contributed by atoms with Gasteiger partial charge in [0.05, 0.1) is 25.2 Å². The number of likely N-dealkylation sites (N-methyl/N-ethyl adjacent to an activating group) is 1. The van der Waals surface area contributed by atoms with Gasteiger partial charge >= 0.3 is 0 Å². The van der Waals surface area contributed by atoms with E-state index in [2.05, 4.69) is 35.7 Å². The Morgan fingerprint density at radius 3 is 2.48 bits per heavy atom. The molecule has 3 atom stereocenters. The molecule has 1 aliphatic carbocycles. The molecule has 0 unspecified atom stereocenters. The number of hydrogen-bond donors (Lipinski definition) is 2. The van der Waals surface area contributed by atoms with Crippen molar-refractivity contribution in [2.75, 3.05) is 33.8 Å². The molecule has 3 rings (SSSR count). The number of benzene rings is 1. The number of aliphatic hydroxyl groups is 1. The highest BCUT2D eigenvalue weighted by atomic mass is 16.3. The maximum atomic E-state index is 12.8. The number of rotatable bonds is 8. The lowest BCUT2D eigenvalue weighted by atomic mass is 9.74. The van der Waals surface area contributed by atoms with Crippen LogP contribution in [0.5, 0.6) is 0 Å². The fourth-order valence-corrected chi connectivity index (χ4v) is 4.54. The third-order valence-corrected chi connectivity index (χ3v) is 6.01. The van der Waals surface area contributed by atoms with E-state index in [0.29, 0.717) is 13.0 Å². The minimum Gasteiger partial charge on any atom is -0.394 e. The van der Waals surface area contributed by atoms with Crippen LogP contribution in [0.4, 0.5) is 0 Å². The van der Waals surface area contributed by atoms with Crippen molar-refractivity contribution in [3.63, 3.8) is 0 Å². The lowest BCUT2D eigenvalue weighted by Crippen LogP contribution is -2.69. The minimum absolute atomic E-state index is 0.00914. The molecule has 158 valence electrons. The maximum absolute atomic E-state index is 12.8. The Kier molecular flexibility index (Phi) is 7.09. The first-order valence-corrected chi connectivity index (χ1v) is 10.6. The Morgan fingerprint density at radius 2 is 1.93 bits per heavy atom. The molecule has 1 saturated heterocycles. The summed E-state index contributed by atoms with van der Waals surface area (Å²) < 4.78 is 0. The Labute approximate surface area is 173 Å². The van der Waals surface area contributed by atoms with Gasteiger partial charge in [-0.15, -0.1) is 0 Å². The Hall–Kier alpha value is -2.18. The molecule has 1 heterocycles. The fraction of sp³-hybridized carbons (Fsp3) is 0.565. The van der Waals surface area contributed by atoms with Crippen molar-refractivity contribution in [1.29, 1.82) is 0 Å². The van der Waals surface area contributed by atoms with Crippen LogP contribution in [0.15, 0.2) is 30.3 Å². The molecule has 29 heavy (non-hydrogen) atoms. The number of nitrogens with zero attached hydrogens (tertiary/aromatic N) is 2. The van der Waals surface area contributed by atoms with Gasteiger partial charge in [-0.2, -0.15) is 0 Å². The van der Waals surface area contributed by atoms with Crippen molar-refractivity contribution in [2.24, 2.45) is 0 Å². The molecule has 6 heteroatoms. The SMILES string of the molecule is CCC(=O)NC[C@@H]1[C@@H](c2ccc(C3=CCCC3)cc2)[C@@H](CO)N1C(=O)CN(C)C. The lowest BCUT2D eigenvalue weighted by Gasteiger charge is -2.55. The van der Waals surface area contributed by atoms with Crippen molar-refractivity contribution in [2.45, 2.75) is 50.6 Å². The molecule has 6 nitrogen and oxygen atoms in total. The van der Waals surface area contributed by atoms with Crippen molar-refractivity contribution in [3.8, 4) is 0 Å². The second kappa shape index (κ2) is 9.55. The molecule has 2 N–H and O–H groups in total. The quantitative estimate of drug-likeness (QED) is 0.701. The molecular weight excluding hydrogens is 366 g/mol. The summed E-state index contributed by atoms with van der Waals surface area (Å²) in [5.41, 5.74) is 3.76. The minimum atomic E-state index is -0.262. The molecule has 1 fully saturated rings. The van der Waals surface area contributed by atoms with Gasteiger partial charge in [0, 0.05) is 18.9 Å². The first-order valence-electron chi connectivity index (χ1n) is 10.6. The number of carbonyl (C=O) groups is 2. The molecule has 1 aromatic rings. The van der Waals surface area contributed by atoms with Gasteiger partial charge in [-0.3, -0.25) is 9.59 Å². The van der Waals surface area contributed by atoms with E-state index < -0.39 is 0 Å². The van der Waals surface area contributed by atoms with Crippen LogP contribution in [0.1, 0.15) is 49.7 Å². The monoisotopic (exact) mass is 399 g/mol. The molecule has 2 amide bonds. The predicted octanol–water partition coefficient (Wildman–Crippen LogP) is 2.00. The smallest absolute Gasteiger partial charge is 0.237 e. The number of likely N-dealkylation sites (tertiary alicyclic amines) is 1. The van der Waals surface area contributed by atoms with E-state index in [0.717, 1.165) is 18.4 Å². The van der Waals surface area contributed by atoms with Gasteiger partial charge in [0.15, 0.2) is 0 Å². The van der Waals surface area contributed by atoms with Crippen molar-refractivity contribution < 1.29 is 14.7 Å². The molecule has 1 aromatic carbocycles. The summed E-state index contributed by atoms with van der Waals surface area (Å²) in [6.07, 6.45) is 6.21. The summed E-state index contributed by atoms with van der Waals surface area (Å²) in [6.45, 7) is 2.42. The third-order valence-electron chi connectivity index (χ3n) is 6.01. The number of carbonyl (C=O) groups excluding carboxylic acids is 2. The zero-order valence-corrected chi connectivity index (χ0v) is 17.7. The van der Waals surface area contributed by atoms with Crippen LogP contribution in [0, 0.1) is 0 Å². The Bertz CT molecular complexity index is 757. The summed E-state index contributed by atoms with van der Waals surface area (Å²) in [6, 6.07) is 8.11. The second-order valence-corrected chi connectivity index (χ2v) is 8.28. The van der Waals surface area contributed by atoms with Crippen LogP contribution < -0.4 is 5.32 Å². The van der Waals surface area contributed by atoms with E-state index >= 15 is 0 Å². The van der Waals surface area contributed by atoms with Crippen LogP contribution in [0.3, 0.4) is 0 Å². The maximum Gasteiger partial charge on any atom is 0.237 e. The number of allylic oxidation sites excluding steroid dienone is 2. The molecule has 1 aliphatic heterocycles. The van der Waals surface area contributed by atoms with Gasteiger partial charge in [-0.25, -0.2) is 0 Å². The van der Waals surface area contributed by atoms with Gasteiger partial charge in [-0.05, 0) is 50.1 Å². The fourth-order valence-electron chi connectivity index (χ4n) is 4.54. The first-order chi connectivity index (χ1) is 14.0. The van der Waals surface area contributed by atoms with E-state index in [1.807, 2.05) is 25.9 Å². The normalized spacial score (nSPS) is 23.7. The molecule has 0 radical (unpaired) electrons. The van der Waals surface area contributed by atoms with E-state index in [4.69, 9.17) is 0 Å². The predicted molar refractivity (Wildman–Crippen MR) is 114 cm³/mol. The van der Waals surface area contributed by atoms with Crippen LogP contribution in [0.25, 0.3) is 5.57 Å². The highest BCUT2D eigenvalue weighted by molar-refractivity contribution is 5.81. The number of aliphatic hydroxyl groups excluding tert-OH is 1. The van der Waals surface area contributed by atoms with Gasteiger partial charge in [-0.1, -0.05) is 37.3 Å². The van der Waals surface area contributed by atoms with Crippen LogP contribution in [-0.2, 0) is 9.59 Å².